The first-order chi connectivity index (χ1) is 18.5. The van der Waals surface area contributed by atoms with Crippen LogP contribution >= 0.6 is 0 Å². The Morgan fingerprint density at radius 2 is 2.00 bits per heavy atom. The minimum absolute atomic E-state index is 0.0118. The highest BCUT2D eigenvalue weighted by Gasteiger charge is 2.49. The van der Waals surface area contributed by atoms with Crippen LogP contribution in [0.25, 0.3) is 11.2 Å². The number of rotatable bonds is 5. The van der Waals surface area contributed by atoms with Gasteiger partial charge in [0.25, 0.3) is 0 Å². The highest BCUT2D eigenvalue weighted by atomic mass is 19.4. The maximum atomic E-state index is 14.2. The summed E-state index contributed by atoms with van der Waals surface area (Å²) in [6.07, 6.45) is 0.0256. The monoisotopic (exact) mass is 542 g/mol. The molecule has 1 saturated carbocycles. The van der Waals surface area contributed by atoms with E-state index in [2.05, 4.69) is 10.2 Å². The van der Waals surface area contributed by atoms with Gasteiger partial charge in [-0.05, 0) is 49.1 Å². The first-order valence-corrected chi connectivity index (χ1v) is 12.9. The van der Waals surface area contributed by atoms with Crippen LogP contribution in [0.3, 0.4) is 0 Å². The van der Waals surface area contributed by atoms with Crippen molar-refractivity contribution in [2.45, 2.75) is 50.1 Å². The highest BCUT2D eigenvalue weighted by molar-refractivity contribution is 5.58. The average Bonchev–Trinajstić information content (AvgIpc) is 3.44. The van der Waals surface area contributed by atoms with Gasteiger partial charge in [-0.3, -0.25) is 13.9 Å². The number of hydrogen-bond acceptors (Lipinski definition) is 6. The SMILES string of the molecule is C[C@@H]1CN(Cc2cc(C(F)(F)F)c3cn(-c4cccc(C5(c6nncn6C)CC(O)C5)c4)c(=O)n3c2)CCO1. The van der Waals surface area contributed by atoms with Gasteiger partial charge in [0.05, 0.1) is 41.0 Å². The number of aliphatic hydroxyl groups is 1. The van der Waals surface area contributed by atoms with E-state index in [0.29, 0.717) is 49.6 Å². The predicted octanol–water partition coefficient (Wildman–Crippen LogP) is 2.90. The van der Waals surface area contributed by atoms with Crippen molar-refractivity contribution >= 4 is 5.52 Å². The lowest BCUT2D eigenvalue weighted by atomic mass is 9.62. The number of pyridine rings is 1. The fourth-order valence-electron chi connectivity index (χ4n) is 6.00. The van der Waals surface area contributed by atoms with Crippen molar-refractivity contribution in [3.63, 3.8) is 0 Å². The standard InChI is InChI=1S/C27H29F3N6O3/c1-17-12-34(6-7-39-17)13-18-8-22(27(28,29)30)23-15-35(25(38)36(23)14-18)20-5-3-4-19(9-20)26(10-21(37)11-26)24-32-31-16-33(24)2/h3-5,8-9,14-17,21,37H,6-7,10-13H2,1-2H3/t17-,21?,26?/m1/s1. The Kier molecular flexibility index (Phi) is 6.16. The number of alkyl halides is 3. The molecule has 2 aliphatic rings. The van der Waals surface area contributed by atoms with Gasteiger partial charge in [0.1, 0.15) is 12.2 Å². The van der Waals surface area contributed by atoms with Gasteiger partial charge in [-0.15, -0.1) is 10.2 Å². The Hall–Kier alpha value is -3.48. The van der Waals surface area contributed by atoms with Crippen LogP contribution in [0.4, 0.5) is 13.2 Å². The van der Waals surface area contributed by atoms with E-state index in [0.717, 1.165) is 16.0 Å². The quantitative estimate of drug-likeness (QED) is 0.417. The second-order valence-corrected chi connectivity index (χ2v) is 10.7. The normalized spacial score (nSPS) is 24.3. The molecule has 4 aromatic rings. The Bertz CT molecular complexity index is 1580. The lowest BCUT2D eigenvalue weighted by Gasteiger charge is -2.44. The van der Waals surface area contributed by atoms with Crippen LogP contribution in [0.1, 0.15) is 42.3 Å². The van der Waals surface area contributed by atoms with Crippen molar-refractivity contribution in [1.82, 2.24) is 28.6 Å². The predicted molar refractivity (Wildman–Crippen MR) is 136 cm³/mol. The molecule has 1 saturated heterocycles. The van der Waals surface area contributed by atoms with Crippen molar-refractivity contribution < 1.29 is 23.0 Å². The molecule has 9 nitrogen and oxygen atoms in total. The van der Waals surface area contributed by atoms with Gasteiger partial charge in [0, 0.05) is 39.1 Å². The number of ether oxygens (including phenoxy) is 1. The summed E-state index contributed by atoms with van der Waals surface area (Å²) in [6.45, 7) is 3.92. The molecule has 1 N–H and O–H groups in total. The maximum absolute atomic E-state index is 14.2. The number of hydrogen-bond donors (Lipinski definition) is 1. The summed E-state index contributed by atoms with van der Waals surface area (Å²) in [5, 5.41) is 18.4. The van der Waals surface area contributed by atoms with E-state index in [-0.39, 0.29) is 18.2 Å². The summed E-state index contributed by atoms with van der Waals surface area (Å²) in [4.78, 5) is 15.6. The van der Waals surface area contributed by atoms with Gasteiger partial charge in [-0.25, -0.2) is 4.79 Å². The lowest BCUT2D eigenvalue weighted by Crippen LogP contribution is -2.47. The molecule has 0 unspecified atom stereocenters. The summed E-state index contributed by atoms with van der Waals surface area (Å²) in [5.74, 6) is 0.681. The fourth-order valence-corrected chi connectivity index (χ4v) is 6.00. The maximum Gasteiger partial charge on any atom is 0.418 e. The molecule has 0 spiro atoms. The first-order valence-electron chi connectivity index (χ1n) is 12.9. The molecule has 4 heterocycles. The summed E-state index contributed by atoms with van der Waals surface area (Å²) in [7, 11) is 1.82. The average molecular weight is 543 g/mol. The van der Waals surface area contributed by atoms with E-state index < -0.39 is 28.9 Å². The highest BCUT2D eigenvalue weighted by Crippen LogP contribution is 2.48. The number of halogens is 3. The fraction of sp³-hybridized carbons (Fsp3) is 0.444. The molecule has 1 aliphatic carbocycles. The van der Waals surface area contributed by atoms with Crippen molar-refractivity contribution in [3.8, 4) is 5.69 Å². The van der Waals surface area contributed by atoms with E-state index in [4.69, 9.17) is 4.74 Å². The van der Waals surface area contributed by atoms with Crippen molar-refractivity contribution in [1.29, 1.82) is 0 Å². The summed E-state index contributed by atoms with van der Waals surface area (Å²) >= 11 is 0. The van der Waals surface area contributed by atoms with E-state index in [1.54, 1.807) is 29.1 Å². The van der Waals surface area contributed by atoms with Gasteiger partial charge < -0.3 is 14.4 Å². The zero-order valence-electron chi connectivity index (χ0n) is 21.6. The summed E-state index contributed by atoms with van der Waals surface area (Å²) in [5.41, 5.74) is -0.621. The van der Waals surface area contributed by atoms with Crippen LogP contribution in [-0.4, -0.2) is 65.6 Å². The molecule has 1 atom stereocenters. The number of fused-ring (bicyclic) bond motifs is 1. The van der Waals surface area contributed by atoms with Crippen molar-refractivity contribution in [3.05, 3.63) is 82.1 Å². The van der Waals surface area contributed by atoms with Crippen LogP contribution in [0, 0.1) is 0 Å². The van der Waals surface area contributed by atoms with Gasteiger partial charge in [-0.1, -0.05) is 12.1 Å². The van der Waals surface area contributed by atoms with E-state index in [1.807, 2.05) is 24.9 Å². The minimum atomic E-state index is -4.64. The number of benzene rings is 1. The Balaban J connectivity index is 1.44. The molecule has 39 heavy (non-hydrogen) atoms. The minimum Gasteiger partial charge on any atom is -0.393 e. The number of aromatic nitrogens is 5. The Morgan fingerprint density at radius 1 is 1.21 bits per heavy atom. The molecule has 1 aromatic carbocycles. The van der Waals surface area contributed by atoms with Gasteiger partial charge in [0.2, 0.25) is 0 Å². The number of aryl methyl sites for hydroxylation is 1. The summed E-state index contributed by atoms with van der Waals surface area (Å²) < 4.78 is 52.2. The second kappa shape index (κ2) is 9.32. The molecule has 0 amide bonds. The van der Waals surface area contributed by atoms with E-state index >= 15 is 0 Å². The smallest absolute Gasteiger partial charge is 0.393 e. The third-order valence-corrected chi connectivity index (χ3v) is 7.84. The molecule has 6 rings (SSSR count). The van der Waals surface area contributed by atoms with Crippen LogP contribution in [0.15, 0.2) is 53.8 Å². The second-order valence-electron chi connectivity index (χ2n) is 10.7. The van der Waals surface area contributed by atoms with Crippen molar-refractivity contribution in [2.24, 2.45) is 7.05 Å². The first kappa shape index (κ1) is 25.8. The van der Waals surface area contributed by atoms with Crippen LogP contribution in [-0.2, 0) is 29.9 Å². The molecule has 3 aromatic heterocycles. The molecule has 1 aliphatic heterocycles. The number of imidazole rings is 1. The van der Waals surface area contributed by atoms with Crippen LogP contribution in [0.2, 0.25) is 0 Å². The number of aliphatic hydroxyl groups excluding tert-OH is 1. The third-order valence-electron chi connectivity index (χ3n) is 7.84. The molecule has 206 valence electrons. The largest absolute Gasteiger partial charge is 0.418 e. The molecular weight excluding hydrogens is 513 g/mol. The van der Waals surface area contributed by atoms with Crippen molar-refractivity contribution in [2.75, 3.05) is 19.7 Å². The van der Waals surface area contributed by atoms with E-state index in [1.165, 1.54) is 17.0 Å². The molecule has 0 bridgehead atoms. The van der Waals surface area contributed by atoms with E-state index in [9.17, 15) is 23.1 Å². The van der Waals surface area contributed by atoms with Gasteiger partial charge in [-0.2, -0.15) is 13.2 Å². The molecule has 2 fully saturated rings. The zero-order chi connectivity index (χ0) is 27.5. The molecular formula is C27H29F3N6O3. The van der Waals surface area contributed by atoms with Gasteiger partial charge >= 0.3 is 11.9 Å². The number of nitrogens with zero attached hydrogens (tertiary/aromatic N) is 6. The third kappa shape index (κ3) is 4.46. The molecule has 0 radical (unpaired) electrons. The van der Waals surface area contributed by atoms with Crippen LogP contribution in [0.5, 0.6) is 0 Å². The van der Waals surface area contributed by atoms with Crippen LogP contribution < -0.4 is 5.69 Å². The Morgan fingerprint density at radius 3 is 2.67 bits per heavy atom. The zero-order valence-corrected chi connectivity index (χ0v) is 21.6. The van der Waals surface area contributed by atoms with Gasteiger partial charge in [0.15, 0.2) is 0 Å². The number of morpholine rings is 1. The summed E-state index contributed by atoms with van der Waals surface area (Å²) in [6, 6.07) is 8.25. The Labute approximate surface area is 222 Å². The molecule has 12 heteroatoms. The topological polar surface area (TPSA) is 89.8 Å². The lowest BCUT2D eigenvalue weighted by molar-refractivity contribution is -0.136.